The van der Waals surface area contributed by atoms with Gasteiger partial charge in [-0.1, -0.05) is 12.8 Å². The second-order valence-corrected chi connectivity index (χ2v) is 6.60. The normalized spacial score (nSPS) is 22.7. The third kappa shape index (κ3) is 4.84. The standard InChI is InChI=1S/C18H29N5O/c1-19-18(21-10-12-24-17-7-4-9-20-13-17)22-15-8-11-23(14-15)16-5-2-3-6-16/h4,7,9,13,15-16H,2-3,5-6,8,10-12,14H2,1H3,(H2,19,21,22). The van der Waals surface area contributed by atoms with Crippen molar-refractivity contribution < 1.29 is 4.74 Å². The van der Waals surface area contributed by atoms with Crippen LogP contribution in [0.25, 0.3) is 0 Å². The summed E-state index contributed by atoms with van der Waals surface area (Å²) in [6.07, 6.45) is 10.2. The van der Waals surface area contributed by atoms with Crippen LogP contribution < -0.4 is 15.4 Å². The van der Waals surface area contributed by atoms with Crippen LogP contribution in [0, 0.1) is 0 Å². The SMILES string of the molecule is CN=C(NCCOc1cccnc1)NC1CCN(C2CCCC2)C1. The Kier molecular flexibility index (Phi) is 6.29. The molecule has 3 rings (SSSR count). The molecular formula is C18H29N5O. The van der Waals surface area contributed by atoms with Gasteiger partial charge in [0.15, 0.2) is 5.96 Å². The lowest BCUT2D eigenvalue weighted by Crippen LogP contribution is -2.46. The molecule has 1 aliphatic heterocycles. The van der Waals surface area contributed by atoms with Crippen molar-refractivity contribution in [2.24, 2.45) is 4.99 Å². The van der Waals surface area contributed by atoms with Gasteiger partial charge in [-0.3, -0.25) is 14.9 Å². The van der Waals surface area contributed by atoms with Crippen LogP contribution in [-0.4, -0.2) is 61.2 Å². The van der Waals surface area contributed by atoms with E-state index in [0.29, 0.717) is 19.2 Å². The van der Waals surface area contributed by atoms with Crippen LogP contribution >= 0.6 is 0 Å². The number of rotatable bonds is 6. The van der Waals surface area contributed by atoms with Crippen LogP contribution in [-0.2, 0) is 0 Å². The number of ether oxygens (including phenoxy) is 1. The number of nitrogens with one attached hydrogen (secondary N) is 2. The van der Waals surface area contributed by atoms with Crippen molar-refractivity contribution in [3.8, 4) is 5.75 Å². The highest BCUT2D eigenvalue weighted by Gasteiger charge is 2.30. The topological polar surface area (TPSA) is 61.8 Å². The molecule has 2 fully saturated rings. The predicted molar refractivity (Wildman–Crippen MR) is 96.5 cm³/mol. The molecule has 132 valence electrons. The number of likely N-dealkylation sites (tertiary alicyclic amines) is 1. The van der Waals surface area contributed by atoms with E-state index in [0.717, 1.165) is 24.3 Å². The van der Waals surface area contributed by atoms with E-state index in [1.54, 1.807) is 12.4 Å². The summed E-state index contributed by atoms with van der Waals surface area (Å²) in [6.45, 7) is 3.65. The Labute approximate surface area is 144 Å². The lowest BCUT2D eigenvalue weighted by Gasteiger charge is -2.24. The fourth-order valence-electron chi connectivity index (χ4n) is 3.66. The number of hydrogen-bond donors (Lipinski definition) is 2. The number of nitrogens with zero attached hydrogens (tertiary/aromatic N) is 3. The van der Waals surface area contributed by atoms with Crippen molar-refractivity contribution in [2.45, 2.75) is 44.2 Å². The van der Waals surface area contributed by atoms with E-state index in [1.165, 1.54) is 38.6 Å². The Hall–Kier alpha value is -1.82. The van der Waals surface area contributed by atoms with Gasteiger partial charge in [-0.2, -0.15) is 0 Å². The maximum Gasteiger partial charge on any atom is 0.191 e. The summed E-state index contributed by atoms with van der Waals surface area (Å²) in [4.78, 5) is 11.0. The molecule has 0 bridgehead atoms. The van der Waals surface area contributed by atoms with E-state index >= 15 is 0 Å². The fourth-order valence-corrected chi connectivity index (χ4v) is 3.66. The highest BCUT2D eigenvalue weighted by Crippen LogP contribution is 2.26. The van der Waals surface area contributed by atoms with Crippen molar-refractivity contribution in [2.75, 3.05) is 33.3 Å². The third-order valence-corrected chi connectivity index (χ3v) is 4.92. The number of aromatic nitrogens is 1. The van der Waals surface area contributed by atoms with E-state index in [-0.39, 0.29) is 0 Å². The zero-order chi connectivity index (χ0) is 16.6. The van der Waals surface area contributed by atoms with Crippen LogP contribution in [0.2, 0.25) is 0 Å². The molecule has 0 spiro atoms. The van der Waals surface area contributed by atoms with Crippen LogP contribution in [0.5, 0.6) is 5.75 Å². The number of aliphatic imine (C=N–C) groups is 1. The molecule has 6 heteroatoms. The molecule has 1 aromatic rings. The monoisotopic (exact) mass is 331 g/mol. The summed E-state index contributed by atoms with van der Waals surface area (Å²) >= 11 is 0. The molecular weight excluding hydrogens is 302 g/mol. The maximum atomic E-state index is 5.64. The Morgan fingerprint density at radius 2 is 2.25 bits per heavy atom. The zero-order valence-electron chi connectivity index (χ0n) is 14.6. The van der Waals surface area contributed by atoms with Crippen molar-refractivity contribution in [1.82, 2.24) is 20.5 Å². The first-order valence-electron chi connectivity index (χ1n) is 9.09. The van der Waals surface area contributed by atoms with E-state index in [2.05, 4.69) is 25.5 Å². The van der Waals surface area contributed by atoms with Gasteiger partial charge in [-0.25, -0.2) is 0 Å². The summed E-state index contributed by atoms with van der Waals surface area (Å²) in [5.74, 6) is 1.66. The zero-order valence-corrected chi connectivity index (χ0v) is 14.6. The third-order valence-electron chi connectivity index (χ3n) is 4.92. The molecule has 1 atom stereocenters. The molecule has 0 aromatic carbocycles. The predicted octanol–water partition coefficient (Wildman–Crippen LogP) is 1.64. The van der Waals surface area contributed by atoms with Gasteiger partial charge >= 0.3 is 0 Å². The molecule has 0 amide bonds. The smallest absolute Gasteiger partial charge is 0.191 e. The largest absolute Gasteiger partial charge is 0.490 e. The average Bonchev–Trinajstić information content (AvgIpc) is 3.30. The van der Waals surface area contributed by atoms with E-state index < -0.39 is 0 Å². The molecule has 1 saturated carbocycles. The second-order valence-electron chi connectivity index (χ2n) is 6.60. The van der Waals surface area contributed by atoms with Crippen molar-refractivity contribution in [3.05, 3.63) is 24.5 Å². The lowest BCUT2D eigenvalue weighted by molar-refractivity contribution is 0.242. The first-order chi connectivity index (χ1) is 11.8. The van der Waals surface area contributed by atoms with Gasteiger partial charge in [0.05, 0.1) is 12.7 Å². The van der Waals surface area contributed by atoms with E-state index in [9.17, 15) is 0 Å². The molecule has 0 radical (unpaired) electrons. The first kappa shape index (κ1) is 17.0. The summed E-state index contributed by atoms with van der Waals surface area (Å²) in [5, 5.41) is 6.87. The summed E-state index contributed by atoms with van der Waals surface area (Å²) in [6, 6.07) is 5.10. The summed E-state index contributed by atoms with van der Waals surface area (Å²) < 4.78 is 5.64. The molecule has 1 aliphatic carbocycles. The Morgan fingerprint density at radius 1 is 1.38 bits per heavy atom. The number of guanidine groups is 1. The lowest BCUT2D eigenvalue weighted by atomic mass is 10.2. The van der Waals surface area contributed by atoms with Crippen LogP contribution in [0.4, 0.5) is 0 Å². The minimum Gasteiger partial charge on any atom is -0.490 e. The van der Waals surface area contributed by atoms with Gasteiger partial charge in [0.1, 0.15) is 12.4 Å². The molecule has 1 aromatic heterocycles. The van der Waals surface area contributed by atoms with Gasteiger partial charge in [-0.05, 0) is 31.4 Å². The molecule has 6 nitrogen and oxygen atoms in total. The van der Waals surface area contributed by atoms with Crippen LogP contribution in [0.1, 0.15) is 32.1 Å². The molecule has 2 N–H and O–H groups in total. The van der Waals surface area contributed by atoms with Crippen molar-refractivity contribution >= 4 is 5.96 Å². The van der Waals surface area contributed by atoms with E-state index in [1.807, 2.05) is 19.2 Å². The minimum absolute atomic E-state index is 0.496. The molecule has 24 heavy (non-hydrogen) atoms. The second kappa shape index (κ2) is 8.87. The van der Waals surface area contributed by atoms with Crippen molar-refractivity contribution in [1.29, 1.82) is 0 Å². The first-order valence-corrected chi connectivity index (χ1v) is 9.09. The molecule has 2 heterocycles. The number of pyridine rings is 1. The average molecular weight is 331 g/mol. The Balaban J connectivity index is 1.34. The molecule has 2 aliphatic rings. The van der Waals surface area contributed by atoms with Crippen LogP contribution in [0.3, 0.4) is 0 Å². The van der Waals surface area contributed by atoms with Crippen molar-refractivity contribution in [3.63, 3.8) is 0 Å². The highest BCUT2D eigenvalue weighted by atomic mass is 16.5. The van der Waals surface area contributed by atoms with Gasteiger partial charge in [0.2, 0.25) is 0 Å². The van der Waals surface area contributed by atoms with Gasteiger partial charge in [0.25, 0.3) is 0 Å². The summed E-state index contributed by atoms with van der Waals surface area (Å²) in [7, 11) is 1.82. The maximum absolute atomic E-state index is 5.64. The van der Waals surface area contributed by atoms with Gasteiger partial charge < -0.3 is 15.4 Å². The quantitative estimate of drug-likeness (QED) is 0.471. The number of hydrogen-bond acceptors (Lipinski definition) is 4. The van der Waals surface area contributed by atoms with E-state index in [4.69, 9.17) is 4.74 Å². The highest BCUT2D eigenvalue weighted by molar-refractivity contribution is 5.80. The molecule has 1 saturated heterocycles. The fraction of sp³-hybridized carbons (Fsp3) is 0.667. The minimum atomic E-state index is 0.496. The Morgan fingerprint density at radius 3 is 3.00 bits per heavy atom. The van der Waals surface area contributed by atoms with Gasteiger partial charge in [0, 0.05) is 38.4 Å². The molecule has 1 unspecified atom stereocenters. The van der Waals surface area contributed by atoms with Crippen LogP contribution in [0.15, 0.2) is 29.5 Å². The Bertz CT molecular complexity index is 515. The summed E-state index contributed by atoms with van der Waals surface area (Å²) in [5.41, 5.74) is 0. The van der Waals surface area contributed by atoms with Gasteiger partial charge in [-0.15, -0.1) is 0 Å².